The molecule has 2 aliphatic carbocycles. The van der Waals surface area contributed by atoms with Crippen molar-refractivity contribution < 1.29 is 24.2 Å². The molecule has 0 aromatic heterocycles. The number of rotatable bonds is 8. The molecule has 2 aromatic rings. The molecule has 2 amide bonds. The van der Waals surface area contributed by atoms with Gasteiger partial charge in [-0.3, -0.25) is 9.59 Å². The predicted octanol–water partition coefficient (Wildman–Crippen LogP) is 4.41. The maximum Gasteiger partial charge on any atom is 0.407 e. The van der Waals surface area contributed by atoms with Crippen molar-refractivity contribution in [3.05, 3.63) is 59.7 Å². The van der Waals surface area contributed by atoms with Crippen molar-refractivity contribution in [1.82, 2.24) is 10.2 Å². The van der Waals surface area contributed by atoms with Crippen molar-refractivity contribution >= 4 is 18.0 Å². The summed E-state index contributed by atoms with van der Waals surface area (Å²) in [5, 5.41) is 11.8. The summed E-state index contributed by atoms with van der Waals surface area (Å²) in [6.45, 7) is 0.625. The fourth-order valence-corrected chi connectivity index (χ4v) is 5.25. The number of amides is 2. The van der Waals surface area contributed by atoms with E-state index in [-0.39, 0.29) is 36.8 Å². The molecule has 1 saturated carbocycles. The minimum atomic E-state index is -0.867. The Labute approximate surface area is 200 Å². The number of carbonyl (C=O) groups is 3. The van der Waals surface area contributed by atoms with Crippen LogP contribution >= 0.6 is 0 Å². The van der Waals surface area contributed by atoms with E-state index >= 15 is 0 Å². The van der Waals surface area contributed by atoms with E-state index in [0.717, 1.165) is 30.4 Å². The van der Waals surface area contributed by atoms with Gasteiger partial charge in [-0.05, 0) is 41.5 Å². The number of hydrogen-bond acceptors (Lipinski definition) is 4. The molecule has 0 saturated heterocycles. The van der Waals surface area contributed by atoms with Gasteiger partial charge >= 0.3 is 12.1 Å². The topological polar surface area (TPSA) is 95.9 Å². The van der Waals surface area contributed by atoms with Crippen LogP contribution in [0.3, 0.4) is 0 Å². The van der Waals surface area contributed by atoms with Gasteiger partial charge in [0.1, 0.15) is 6.61 Å². The van der Waals surface area contributed by atoms with E-state index in [1.54, 1.807) is 11.9 Å². The van der Waals surface area contributed by atoms with Gasteiger partial charge in [0.15, 0.2) is 0 Å². The van der Waals surface area contributed by atoms with Gasteiger partial charge in [-0.15, -0.1) is 0 Å². The molecule has 0 spiro atoms. The van der Waals surface area contributed by atoms with E-state index in [2.05, 4.69) is 29.6 Å². The fraction of sp³-hybridized carbons (Fsp3) is 0.444. The molecule has 0 heterocycles. The Kier molecular flexibility index (Phi) is 7.50. The van der Waals surface area contributed by atoms with Crippen LogP contribution in [0.25, 0.3) is 11.1 Å². The van der Waals surface area contributed by atoms with E-state index in [9.17, 15) is 14.4 Å². The minimum absolute atomic E-state index is 0.0118. The van der Waals surface area contributed by atoms with E-state index in [1.165, 1.54) is 11.1 Å². The van der Waals surface area contributed by atoms with Crippen molar-refractivity contribution in [2.45, 2.75) is 50.5 Å². The molecule has 2 aliphatic rings. The van der Waals surface area contributed by atoms with Crippen molar-refractivity contribution in [3.8, 4) is 11.1 Å². The summed E-state index contributed by atoms with van der Waals surface area (Å²) in [4.78, 5) is 38.1. The summed E-state index contributed by atoms with van der Waals surface area (Å²) in [5.41, 5.74) is 4.67. The average molecular weight is 465 g/mol. The standard InChI is InChI=1S/C27H32N2O5/c1-29(16-8-15-25(30)31)26(32)22-13-6-7-14-24(22)28-27(33)34-17-23-20-11-4-2-9-18(20)19-10-3-5-12-21(19)23/h2-5,9-12,22-24H,6-8,13-17H2,1H3,(H,28,33)(H,30,31). The zero-order valence-electron chi connectivity index (χ0n) is 19.5. The molecule has 34 heavy (non-hydrogen) atoms. The Morgan fingerprint density at radius 3 is 2.26 bits per heavy atom. The summed E-state index contributed by atoms with van der Waals surface area (Å²) >= 11 is 0. The lowest BCUT2D eigenvalue weighted by Gasteiger charge is -2.33. The van der Waals surface area contributed by atoms with Crippen molar-refractivity contribution in [2.75, 3.05) is 20.2 Å². The molecule has 7 nitrogen and oxygen atoms in total. The summed E-state index contributed by atoms with van der Waals surface area (Å²) in [7, 11) is 1.70. The first kappa shape index (κ1) is 23.8. The number of ether oxygens (including phenoxy) is 1. The summed E-state index contributed by atoms with van der Waals surface area (Å²) in [6.07, 6.45) is 3.25. The number of fused-ring (bicyclic) bond motifs is 3. The number of nitrogens with one attached hydrogen (secondary N) is 1. The van der Waals surface area contributed by atoms with Gasteiger partial charge in [0, 0.05) is 32.0 Å². The first-order valence-electron chi connectivity index (χ1n) is 12.0. The summed E-state index contributed by atoms with van der Waals surface area (Å²) in [6, 6.07) is 16.1. The Balaban J connectivity index is 1.36. The second-order valence-corrected chi connectivity index (χ2v) is 9.22. The molecule has 0 radical (unpaired) electrons. The highest BCUT2D eigenvalue weighted by Crippen LogP contribution is 2.44. The van der Waals surface area contributed by atoms with Gasteiger partial charge in [0.2, 0.25) is 5.91 Å². The van der Waals surface area contributed by atoms with Crippen LogP contribution in [0.4, 0.5) is 4.79 Å². The van der Waals surface area contributed by atoms with E-state index in [4.69, 9.17) is 9.84 Å². The lowest BCUT2D eigenvalue weighted by Crippen LogP contribution is -2.49. The third-order valence-electron chi connectivity index (χ3n) is 6.99. The number of aliphatic carboxylic acids is 1. The number of benzene rings is 2. The first-order chi connectivity index (χ1) is 16.5. The maximum absolute atomic E-state index is 13.0. The van der Waals surface area contributed by atoms with Crippen LogP contribution in [0.1, 0.15) is 55.6 Å². The number of carbonyl (C=O) groups excluding carboxylic acids is 2. The smallest absolute Gasteiger partial charge is 0.407 e. The lowest BCUT2D eigenvalue weighted by atomic mass is 9.83. The normalized spacial score (nSPS) is 19.1. The van der Waals surface area contributed by atoms with Crippen LogP contribution < -0.4 is 5.32 Å². The first-order valence-corrected chi connectivity index (χ1v) is 12.0. The molecule has 1 fully saturated rings. The molecule has 2 unspecified atom stereocenters. The van der Waals surface area contributed by atoms with Crippen LogP contribution in [0.15, 0.2) is 48.5 Å². The van der Waals surface area contributed by atoms with Gasteiger partial charge in [-0.25, -0.2) is 4.79 Å². The van der Waals surface area contributed by atoms with Gasteiger partial charge < -0.3 is 20.1 Å². The SMILES string of the molecule is CN(CCCC(=O)O)C(=O)C1CCCCC1NC(=O)OCC1c2ccccc2-c2ccccc21. The fourth-order valence-electron chi connectivity index (χ4n) is 5.25. The third kappa shape index (κ3) is 5.24. The number of alkyl carbamates (subject to hydrolysis) is 1. The quantitative estimate of drug-likeness (QED) is 0.603. The van der Waals surface area contributed by atoms with Crippen molar-refractivity contribution in [2.24, 2.45) is 5.92 Å². The molecule has 0 bridgehead atoms. The van der Waals surface area contributed by atoms with Crippen molar-refractivity contribution in [1.29, 1.82) is 0 Å². The van der Waals surface area contributed by atoms with Crippen LogP contribution in [0.2, 0.25) is 0 Å². The molecule has 4 rings (SSSR count). The number of hydrogen-bond donors (Lipinski definition) is 2. The Morgan fingerprint density at radius 1 is 1.00 bits per heavy atom. The van der Waals surface area contributed by atoms with Gasteiger partial charge in [0.25, 0.3) is 0 Å². The van der Waals surface area contributed by atoms with Gasteiger partial charge in [-0.2, -0.15) is 0 Å². The van der Waals surface area contributed by atoms with E-state index < -0.39 is 12.1 Å². The van der Waals surface area contributed by atoms with Crippen LogP contribution in [-0.4, -0.2) is 54.2 Å². The molecule has 180 valence electrons. The number of carboxylic acids is 1. The maximum atomic E-state index is 13.0. The number of carboxylic acid groups (broad SMARTS) is 1. The second kappa shape index (κ2) is 10.7. The highest BCUT2D eigenvalue weighted by molar-refractivity contribution is 5.81. The minimum Gasteiger partial charge on any atom is -0.481 e. The lowest BCUT2D eigenvalue weighted by molar-refractivity contribution is -0.139. The molecule has 2 N–H and O–H groups in total. The molecular formula is C27H32N2O5. The monoisotopic (exact) mass is 464 g/mol. The van der Waals surface area contributed by atoms with Crippen molar-refractivity contribution in [3.63, 3.8) is 0 Å². The van der Waals surface area contributed by atoms with Crippen LogP contribution in [0.5, 0.6) is 0 Å². The average Bonchev–Trinajstić information content (AvgIpc) is 3.16. The predicted molar refractivity (Wildman–Crippen MR) is 128 cm³/mol. The molecule has 2 atom stereocenters. The molecular weight excluding hydrogens is 432 g/mol. The molecule has 2 aromatic carbocycles. The Bertz CT molecular complexity index is 1010. The highest BCUT2D eigenvalue weighted by Gasteiger charge is 2.35. The zero-order chi connectivity index (χ0) is 24.1. The van der Waals surface area contributed by atoms with Gasteiger partial charge in [0.05, 0.1) is 5.92 Å². The summed E-state index contributed by atoms with van der Waals surface area (Å²) < 4.78 is 5.68. The van der Waals surface area contributed by atoms with E-state index in [0.29, 0.717) is 19.4 Å². The highest BCUT2D eigenvalue weighted by atomic mass is 16.5. The largest absolute Gasteiger partial charge is 0.481 e. The zero-order valence-corrected chi connectivity index (χ0v) is 19.5. The Morgan fingerprint density at radius 2 is 1.62 bits per heavy atom. The van der Waals surface area contributed by atoms with Crippen LogP contribution in [0, 0.1) is 5.92 Å². The van der Waals surface area contributed by atoms with Gasteiger partial charge in [-0.1, -0.05) is 61.4 Å². The second-order valence-electron chi connectivity index (χ2n) is 9.22. The molecule has 0 aliphatic heterocycles. The Hall–Kier alpha value is -3.35. The summed E-state index contributed by atoms with van der Waals surface area (Å²) in [5.74, 6) is -1.24. The number of nitrogens with zero attached hydrogens (tertiary/aromatic N) is 1. The third-order valence-corrected chi connectivity index (χ3v) is 6.99. The molecule has 7 heteroatoms. The van der Waals surface area contributed by atoms with E-state index in [1.807, 2.05) is 24.3 Å². The van der Waals surface area contributed by atoms with Crippen LogP contribution in [-0.2, 0) is 14.3 Å².